The van der Waals surface area contributed by atoms with E-state index in [1.54, 1.807) is 48.5 Å². The van der Waals surface area contributed by atoms with Crippen LogP contribution in [0.5, 0.6) is 5.75 Å². The minimum Gasteiger partial charge on any atom is -0.473 e. The second-order valence-corrected chi connectivity index (χ2v) is 6.30. The van der Waals surface area contributed by atoms with Gasteiger partial charge in [0.15, 0.2) is 0 Å². The molecule has 5 nitrogen and oxygen atoms in total. The molecule has 0 aliphatic rings. The molecule has 0 heterocycles. The molecule has 148 valence electrons. The fraction of sp³-hybridized carbons (Fsp3) is 0.167. The van der Waals surface area contributed by atoms with Gasteiger partial charge in [0.1, 0.15) is 11.3 Å². The Morgan fingerprint density at radius 3 is 2.14 bits per heavy atom. The van der Waals surface area contributed by atoms with Gasteiger partial charge in [0.05, 0.1) is 13.7 Å². The normalized spacial score (nSPS) is 11.3. The molecule has 29 heavy (non-hydrogen) atoms. The van der Waals surface area contributed by atoms with Crippen molar-refractivity contribution in [1.29, 1.82) is 0 Å². The van der Waals surface area contributed by atoms with Crippen molar-refractivity contribution in [2.75, 3.05) is 13.7 Å². The van der Waals surface area contributed by atoms with E-state index in [4.69, 9.17) is 14.2 Å². The molecule has 3 aromatic rings. The molecule has 0 fully saturated rings. The van der Waals surface area contributed by atoms with Gasteiger partial charge in [0.2, 0.25) is 6.10 Å². The lowest BCUT2D eigenvalue weighted by Gasteiger charge is -2.19. The molecule has 0 aromatic heterocycles. The summed E-state index contributed by atoms with van der Waals surface area (Å²) in [6, 6.07) is 25.5. The Hall–Kier alpha value is -3.60. The van der Waals surface area contributed by atoms with Gasteiger partial charge in [-0.2, -0.15) is 0 Å². The zero-order valence-electron chi connectivity index (χ0n) is 16.1. The molecule has 1 unspecified atom stereocenters. The Bertz CT molecular complexity index is 938. The van der Waals surface area contributed by atoms with Crippen LogP contribution in [0.25, 0.3) is 0 Å². The molecular weight excluding hydrogens is 368 g/mol. The number of rotatable bonds is 8. The first kappa shape index (κ1) is 20.1. The number of hydrogen-bond donors (Lipinski definition) is 0. The standard InChI is InChI=1S/C24H22O5/c1-27-24(26)22(19-12-6-3-7-13-19)29-21-15-9-8-14-20(21)23(25)28-17-16-18-10-4-2-5-11-18/h2-15,22H,16-17H2,1H3. The van der Waals surface area contributed by atoms with Crippen molar-refractivity contribution in [3.63, 3.8) is 0 Å². The summed E-state index contributed by atoms with van der Waals surface area (Å²) in [6.07, 6.45) is -0.371. The Morgan fingerprint density at radius 2 is 1.45 bits per heavy atom. The maximum atomic E-state index is 12.6. The van der Waals surface area contributed by atoms with Gasteiger partial charge in [0, 0.05) is 12.0 Å². The van der Waals surface area contributed by atoms with E-state index in [1.807, 2.05) is 36.4 Å². The van der Waals surface area contributed by atoms with E-state index in [9.17, 15) is 9.59 Å². The minimum atomic E-state index is -0.987. The highest BCUT2D eigenvalue weighted by atomic mass is 16.6. The van der Waals surface area contributed by atoms with Gasteiger partial charge in [-0.1, -0.05) is 72.8 Å². The van der Waals surface area contributed by atoms with Gasteiger partial charge in [-0.05, 0) is 17.7 Å². The zero-order chi connectivity index (χ0) is 20.5. The lowest BCUT2D eigenvalue weighted by Crippen LogP contribution is -2.21. The maximum absolute atomic E-state index is 12.6. The summed E-state index contributed by atoms with van der Waals surface area (Å²) >= 11 is 0. The first-order valence-corrected chi connectivity index (χ1v) is 9.28. The number of esters is 2. The highest BCUT2D eigenvalue weighted by Gasteiger charge is 2.25. The van der Waals surface area contributed by atoms with Crippen molar-refractivity contribution < 1.29 is 23.8 Å². The van der Waals surface area contributed by atoms with Crippen LogP contribution in [0.1, 0.15) is 27.6 Å². The third kappa shape index (κ3) is 5.45. The summed E-state index contributed by atoms with van der Waals surface area (Å²) in [5.74, 6) is -0.798. The highest BCUT2D eigenvalue weighted by Crippen LogP contribution is 2.27. The molecular formula is C24H22O5. The molecule has 0 saturated heterocycles. The van der Waals surface area contributed by atoms with E-state index in [0.717, 1.165) is 5.56 Å². The quantitative estimate of drug-likeness (QED) is 0.534. The molecule has 0 bridgehead atoms. The third-order valence-corrected chi connectivity index (χ3v) is 4.34. The SMILES string of the molecule is COC(=O)C(Oc1ccccc1C(=O)OCCc1ccccc1)c1ccccc1. The number of hydrogen-bond acceptors (Lipinski definition) is 5. The summed E-state index contributed by atoms with van der Waals surface area (Å²) in [6.45, 7) is 0.246. The second kappa shape index (κ2) is 10.1. The van der Waals surface area contributed by atoms with Crippen LogP contribution in [0.4, 0.5) is 0 Å². The summed E-state index contributed by atoms with van der Waals surface area (Å²) < 4.78 is 16.2. The van der Waals surface area contributed by atoms with Gasteiger partial charge < -0.3 is 14.2 Å². The van der Waals surface area contributed by atoms with Gasteiger partial charge in [-0.25, -0.2) is 9.59 Å². The second-order valence-electron chi connectivity index (χ2n) is 6.30. The van der Waals surface area contributed by atoms with Crippen LogP contribution >= 0.6 is 0 Å². The minimum absolute atomic E-state index is 0.246. The molecule has 3 rings (SSSR count). The van der Waals surface area contributed by atoms with Gasteiger partial charge >= 0.3 is 11.9 Å². The molecule has 0 aliphatic heterocycles. The lowest BCUT2D eigenvalue weighted by atomic mass is 10.1. The molecule has 1 atom stereocenters. The van der Waals surface area contributed by atoms with E-state index in [2.05, 4.69) is 0 Å². The predicted octanol–water partition coefficient (Wildman–Crippen LogP) is 4.38. The van der Waals surface area contributed by atoms with Crippen LogP contribution in [-0.4, -0.2) is 25.7 Å². The topological polar surface area (TPSA) is 61.8 Å². The van der Waals surface area contributed by atoms with Crippen LogP contribution < -0.4 is 4.74 Å². The van der Waals surface area contributed by atoms with E-state index in [1.165, 1.54) is 7.11 Å². The average molecular weight is 390 g/mol. The Kier molecular flexibility index (Phi) is 7.00. The third-order valence-electron chi connectivity index (χ3n) is 4.34. The van der Waals surface area contributed by atoms with Gasteiger partial charge in [0.25, 0.3) is 0 Å². The van der Waals surface area contributed by atoms with E-state index >= 15 is 0 Å². The predicted molar refractivity (Wildman–Crippen MR) is 109 cm³/mol. The number of carbonyl (C=O) groups is 2. The van der Waals surface area contributed by atoms with Crippen molar-refractivity contribution in [1.82, 2.24) is 0 Å². The Morgan fingerprint density at radius 1 is 0.828 bits per heavy atom. The largest absolute Gasteiger partial charge is 0.473 e. The van der Waals surface area contributed by atoms with E-state index < -0.39 is 18.0 Å². The fourth-order valence-electron chi connectivity index (χ4n) is 2.84. The molecule has 0 spiro atoms. The Labute approximate surface area is 169 Å². The maximum Gasteiger partial charge on any atom is 0.351 e. The molecule has 0 radical (unpaired) electrons. The first-order valence-electron chi connectivity index (χ1n) is 9.28. The smallest absolute Gasteiger partial charge is 0.351 e. The number of carbonyl (C=O) groups excluding carboxylic acids is 2. The van der Waals surface area contributed by atoms with Crippen molar-refractivity contribution in [2.24, 2.45) is 0 Å². The molecule has 0 amide bonds. The summed E-state index contributed by atoms with van der Waals surface area (Å²) in [7, 11) is 1.30. The fourth-order valence-corrected chi connectivity index (χ4v) is 2.84. The average Bonchev–Trinajstić information content (AvgIpc) is 2.78. The van der Waals surface area contributed by atoms with Crippen LogP contribution in [0, 0.1) is 0 Å². The van der Waals surface area contributed by atoms with Crippen molar-refractivity contribution in [3.05, 3.63) is 102 Å². The van der Waals surface area contributed by atoms with E-state index in [-0.39, 0.29) is 17.9 Å². The van der Waals surface area contributed by atoms with Crippen LogP contribution in [-0.2, 0) is 20.7 Å². The van der Waals surface area contributed by atoms with Crippen LogP contribution in [0.3, 0.4) is 0 Å². The molecule has 0 N–H and O–H groups in total. The number of benzene rings is 3. The summed E-state index contributed by atoms with van der Waals surface area (Å²) in [5.41, 5.74) is 1.97. The van der Waals surface area contributed by atoms with Crippen molar-refractivity contribution in [2.45, 2.75) is 12.5 Å². The van der Waals surface area contributed by atoms with Crippen molar-refractivity contribution in [3.8, 4) is 5.75 Å². The van der Waals surface area contributed by atoms with Gasteiger partial charge in [-0.3, -0.25) is 0 Å². The lowest BCUT2D eigenvalue weighted by molar-refractivity contribution is -0.149. The monoisotopic (exact) mass is 390 g/mol. The summed E-state index contributed by atoms with van der Waals surface area (Å²) in [4.78, 5) is 24.9. The first-order chi connectivity index (χ1) is 14.2. The van der Waals surface area contributed by atoms with Gasteiger partial charge in [-0.15, -0.1) is 0 Å². The summed E-state index contributed by atoms with van der Waals surface area (Å²) in [5, 5.41) is 0. The molecule has 0 saturated carbocycles. The molecule has 3 aromatic carbocycles. The number of para-hydroxylation sites is 1. The molecule has 0 aliphatic carbocycles. The Balaban J connectivity index is 1.73. The zero-order valence-corrected chi connectivity index (χ0v) is 16.1. The number of methoxy groups -OCH3 is 1. The van der Waals surface area contributed by atoms with Crippen molar-refractivity contribution >= 4 is 11.9 Å². The van der Waals surface area contributed by atoms with E-state index in [0.29, 0.717) is 12.0 Å². The highest BCUT2D eigenvalue weighted by molar-refractivity contribution is 5.92. The van der Waals surface area contributed by atoms with Crippen LogP contribution in [0.15, 0.2) is 84.9 Å². The molecule has 5 heteroatoms. The van der Waals surface area contributed by atoms with Crippen LogP contribution in [0.2, 0.25) is 0 Å². The number of ether oxygens (including phenoxy) is 3.